The Hall–Kier alpha value is -1.82. The van der Waals surface area contributed by atoms with Crippen molar-refractivity contribution in [2.24, 2.45) is 11.8 Å². The lowest BCUT2D eigenvalue weighted by atomic mass is 9.90. The van der Waals surface area contributed by atoms with Gasteiger partial charge in [-0.3, -0.25) is 0 Å². The zero-order chi connectivity index (χ0) is 15.7. The quantitative estimate of drug-likeness (QED) is 0.633. The SMILES string of the molecule is CC(C)Cc1ccccc1-c1cccc2c1C=C(C(C)C)C2. The second kappa shape index (κ2) is 6.12. The first-order valence-corrected chi connectivity index (χ1v) is 8.47. The first-order valence-electron chi connectivity index (χ1n) is 8.47. The van der Waals surface area contributed by atoms with Gasteiger partial charge in [0.15, 0.2) is 0 Å². The molecular formula is C22H26. The molecule has 0 heterocycles. The molecule has 0 saturated heterocycles. The van der Waals surface area contributed by atoms with Gasteiger partial charge in [-0.05, 0) is 52.5 Å². The standard InChI is InChI=1S/C22H26/c1-15(2)12-17-8-5-6-10-20(17)21-11-7-9-18-13-19(16(3)4)14-22(18)21/h5-11,14-16H,12-13H2,1-4H3. The van der Waals surface area contributed by atoms with Crippen LogP contribution in [0.1, 0.15) is 44.4 Å². The molecule has 0 spiro atoms. The molecule has 2 aromatic carbocycles. The van der Waals surface area contributed by atoms with Crippen molar-refractivity contribution in [1.82, 2.24) is 0 Å². The van der Waals surface area contributed by atoms with Crippen LogP contribution in [-0.2, 0) is 12.8 Å². The Morgan fingerprint density at radius 2 is 1.59 bits per heavy atom. The molecule has 0 N–H and O–H groups in total. The van der Waals surface area contributed by atoms with Gasteiger partial charge in [-0.1, -0.05) is 81.8 Å². The van der Waals surface area contributed by atoms with Crippen LogP contribution in [0.25, 0.3) is 17.2 Å². The van der Waals surface area contributed by atoms with E-state index in [-0.39, 0.29) is 0 Å². The number of benzene rings is 2. The van der Waals surface area contributed by atoms with Crippen LogP contribution in [0.5, 0.6) is 0 Å². The summed E-state index contributed by atoms with van der Waals surface area (Å²) in [5, 5.41) is 0. The molecule has 2 aromatic rings. The fourth-order valence-electron chi connectivity index (χ4n) is 3.40. The van der Waals surface area contributed by atoms with Crippen LogP contribution in [0, 0.1) is 11.8 Å². The summed E-state index contributed by atoms with van der Waals surface area (Å²) in [7, 11) is 0. The van der Waals surface area contributed by atoms with Gasteiger partial charge < -0.3 is 0 Å². The summed E-state index contributed by atoms with van der Waals surface area (Å²) in [6, 6.07) is 15.7. The average Bonchev–Trinajstić information content (AvgIpc) is 2.91. The minimum atomic E-state index is 0.631. The summed E-state index contributed by atoms with van der Waals surface area (Å²) in [6.07, 6.45) is 4.69. The van der Waals surface area contributed by atoms with E-state index in [0.717, 1.165) is 12.8 Å². The molecule has 0 fully saturated rings. The highest BCUT2D eigenvalue weighted by Gasteiger charge is 2.19. The summed E-state index contributed by atoms with van der Waals surface area (Å²) >= 11 is 0. The molecule has 0 aliphatic heterocycles. The summed E-state index contributed by atoms with van der Waals surface area (Å²) < 4.78 is 0. The van der Waals surface area contributed by atoms with E-state index in [1.165, 1.54) is 27.8 Å². The summed E-state index contributed by atoms with van der Waals surface area (Å²) in [6.45, 7) is 9.18. The highest BCUT2D eigenvalue weighted by molar-refractivity contribution is 5.82. The van der Waals surface area contributed by atoms with E-state index in [9.17, 15) is 0 Å². The Morgan fingerprint density at radius 1 is 0.864 bits per heavy atom. The monoisotopic (exact) mass is 290 g/mol. The molecule has 114 valence electrons. The van der Waals surface area contributed by atoms with Gasteiger partial charge in [-0.25, -0.2) is 0 Å². The van der Waals surface area contributed by atoms with Gasteiger partial charge in [0.05, 0.1) is 0 Å². The molecule has 0 heteroatoms. The van der Waals surface area contributed by atoms with E-state index in [2.05, 4.69) is 76.2 Å². The second-order valence-electron chi connectivity index (χ2n) is 7.18. The van der Waals surface area contributed by atoms with Crippen molar-refractivity contribution in [2.75, 3.05) is 0 Å². The van der Waals surface area contributed by atoms with Gasteiger partial charge in [0, 0.05) is 0 Å². The molecular weight excluding hydrogens is 264 g/mol. The molecule has 1 aliphatic rings. The van der Waals surface area contributed by atoms with E-state index in [4.69, 9.17) is 0 Å². The van der Waals surface area contributed by atoms with Gasteiger partial charge in [0.25, 0.3) is 0 Å². The van der Waals surface area contributed by atoms with Crippen LogP contribution in [0.2, 0.25) is 0 Å². The summed E-state index contributed by atoms with van der Waals surface area (Å²) in [5.41, 5.74) is 8.78. The van der Waals surface area contributed by atoms with Gasteiger partial charge >= 0.3 is 0 Å². The van der Waals surface area contributed by atoms with Gasteiger partial charge in [0.1, 0.15) is 0 Å². The number of hydrogen-bond acceptors (Lipinski definition) is 0. The third-order valence-corrected chi connectivity index (χ3v) is 4.60. The normalized spacial score (nSPS) is 13.6. The molecule has 1 aliphatic carbocycles. The molecule has 22 heavy (non-hydrogen) atoms. The molecule has 0 atom stereocenters. The maximum absolute atomic E-state index is 2.43. The van der Waals surface area contributed by atoms with Crippen LogP contribution >= 0.6 is 0 Å². The number of rotatable bonds is 4. The van der Waals surface area contributed by atoms with Crippen molar-refractivity contribution in [3.63, 3.8) is 0 Å². The van der Waals surface area contributed by atoms with Crippen LogP contribution < -0.4 is 0 Å². The first-order chi connectivity index (χ1) is 10.6. The van der Waals surface area contributed by atoms with Gasteiger partial charge in [-0.2, -0.15) is 0 Å². The van der Waals surface area contributed by atoms with Crippen LogP contribution in [0.4, 0.5) is 0 Å². The highest BCUT2D eigenvalue weighted by Crippen LogP contribution is 2.37. The average molecular weight is 290 g/mol. The summed E-state index contributed by atoms with van der Waals surface area (Å²) in [4.78, 5) is 0. The zero-order valence-corrected chi connectivity index (χ0v) is 14.2. The van der Waals surface area contributed by atoms with Crippen molar-refractivity contribution in [3.8, 4) is 11.1 Å². The maximum atomic E-state index is 2.43. The zero-order valence-electron chi connectivity index (χ0n) is 14.2. The molecule has 0 nitrogen and oxygen atoms in total. The second-order valence-corrected chi connectivity index (χ2v) is 7.18. The third-order valence-electron chi connectivity index (χ3n) is 4.60. The lowest BCUT2D eigenvalue weighted by molar-refractivity contribution is 0.648. The molecule has 0 aromatic heterocycles. The Bertz CT molecular complexity index is 702. The Morgan fingerprint density at radius 3 is 2.32 bits per heavy atom. The Balaban J connectivity index is 2.10. The van der Waals surface area contributed by atoms with Crippen molar-refractivity contribution in [3.05, 3.63) is 64.7 Å². The highest BCUT2D eigenvalue weighted by atomic mass is 14.2. The molecule has 0 unspecified atom stereocenters. The third kappa shape index (κ3) is 2.88. The predicted molar refractivity (Wildman–Crippen MR) is 96.9 cm³/mol. The van der Waals surface area contributed by atoms with Gasteiger partial charge in [0.2, 0.25) is 0 Å². The van der Waals surface area contributed by atoms with E-state index in [0.29, 0.717) is 11.8 Å². The van der Waals surface area contributed by atoms with E-state index < -0.39 is 0 Å². The molecule has 0 saturated carbocycles. The smallest absolute Gasteiger partial charge is 0.00550 e. The van der Waals surface area contributed by atoms with Crippen molar-refractivity contribution in [2.45, 2.75) is 40.5 Å². The lowest BCUT2D eigenvalue weighted by Gasteiger charge is -2.14. The van der Waals surface area contributed by atoms with E-state index in [1.807, 2.05) is 0 Å². The van der Waals surface area contributed by atoms with Gasteiger partial charge in [-0.15, -0.1) is 0 Å². The topological polar surface area (TPSA) is 0 Å². The largest absolute Gasteiger partial charge is 0.0626 e. The van der Waals surface area contributed by atoms with Crippen LogP contribution in [0.3, 0.4) is 0 Å². The van der Waals surface area contributed by atoms with E-state index >= 15 is 0 Å². The minimum Gasteiger partial charge on any atom is -0.0626 e. The fourth-order valence-corrected chi connectivity index (χ4v) is 3.40. The van der Waals surface area contributed by atoms with Crippen molar-refractivity contribution in [1.29, 1.82) is 0 Å². The van der Waals surface area contributed by atoms with Crippen molar-refractivity contribution < 1.29 is 0 Å². The van der Waals surface area contributed by atoms with Crippen LogP contribution in [0.15, 0.2) is 48.0 Å². The number of allylic oxidation sites excluding steroid dienone is 1. The Kier molecular flexibility index (Phi) is 4.20. The maximum Gasteiger partial charge on any atom is -0.00550 e. The van der Waals surface area contributed by atoms with E-state index in [1.54, 1.807) is 5.57 Å². The van der Waals surface area contributed by atoms with Crippen molar-refractivity contribution >= 4 is 6.08 Å². The van der Waals surface area contributed by atoms with Crippen LogP contribution in [-0.4, -0.2) is 0 Å². The fraction of sp³-hybridized carbons (Fsp3) is 0.364. The molecule has 0 bridgehead atoms. The minimum absolute atomic E-state index is 0.631. The summed E-state index contributed by atoms with van der Waals surface area (Å²) in [5.74, 6) is 1.31. The predicted octanol–water partition coefficient (Wildman–Crippen LogP) is 6.15. The lowest BCUT2D eigenvalue weighted by Crippen LogP contribution is -1.98. The number of hydrogen-bond donors (Lipinski definition) is 0. The molecule has 0 radical (unpaired) electrons. The Labute approximate surface area is 134 Å². The first kappa shape index (κ1) is 15.1. The molecule has 0 amide bonds. The molecule has 3 rings (SSSR count). The number of fused-ring (bicyclic) bond motifs is 1.